The molecule has 4 unspecified atom stereocenters. The molecule has 0 radical (unpaired) electrons. The standard InChI is InChI=1S/C19H38N2/c1-5-16-10-8-7-9-13-21(16)18-14-15(11-12-17(18)20)19(3,4)6-2/h15-18H,5-14,20H2,1-4H3. The molecule has 0 aromatic heterocycles. The van der Waals surface area contributed by atoms with Gasteiger partial charge in [0.1, 0.15) is 0 Å². The van der Waals surface area contributed by atoms with Crippen molar-refractivity contribution >= 4 is 0 Å². The second-order valence-electron chi connectivity index (χ2n) is 8.23. The lowest BCUT2D eigenvalue weighted by Crippen LogP contribution is -2.55. The van der Waals surface area contributed by atoms with Crippen molar-refractivity contribution in [2.24, 2.45) is 17.1 Å². The molecule has 1 saturated heterocycles. The Labute approximate surface area is 132 Å². The van der Waals surface area contributed by atoms with E-state index in [2.05, 4.69) is 32.6 Å². The highest BCUT2D eigenvalue weighted by Gasteiger charge is 2.39. The summed E-state index contributed by atoms with van der Waals surface area (Å²) in [6.45, 7) is 10.9. The second-order valence-corrected chi connectivity index (χ2v) is 8.23. The Bertz CT molecular complexity index is 313. The summed E-state index contributed by atoms with van der Waals surface area (Å²) in [6, 6.07) is 1.82. The van der Waals surface area contributed by atoms with E-state index in [0.29, 0.717) is 17.5 Å². The molecule has 0 aromatic rings. The number of nitrogens with two attached hydrogens (primary N) is 1. The molecule has 1 heterocycles. The quantitative estimate of drug-likeness (QED) is 0.822. The average molecular weight is 295 g/mol. The molecule has 2 nitrogen and oxygen atoms in total. The van der Waals surface area contributed by atoms with E-state index in [1.165, 1.54) is 64.3 Å². The predicted molar refractivity (Wildman–Crippen MR) is 92.4 cm³/mol. The molecular weight excluding hydrogens is 256 g/mol. The SMILES string of the molecule is CCC1CCCCCN1C1CC(C(C)(C)CC)CCC1N. The maximum atomic E-state index is 6.58. The maximum Gasteiger partial charge on any atom is 0.0252 e. The highest BCUT2D eigenvalue weighted by atomic mass is 15.2. The first-order chi connectivity index (χ1) is 9.99. The van der Waals surface area contributed by atoms with Crippen LogP contribution in [0.2, 0.25) is 0 Å². The molecule has 1 aliphatic carbocycles. The number of rotatable bonds is 4. The zero-order valence-corrected chi connectivity index (χ0v) is 14.9. The fourth-order valence-corrected chi connectivity index (χ4v) is 4.62. The van der Waals surface area contributed by atoms with Gasteiger partial charge in [-0.25, -0.2) is 0 Å². The van der Waals surface area contributed by atoms with Gasteiger partial charge in [0.05, 0.1) is 0 Å². The van der Waals surface area contributed by atoms with Crippen molar-refractivity contribution in [1.82, 2.24) is 4.90 Å². The van der Waals surface area contributed by atoms with Crippen LogP contribution < -0.4 is 5.73 Å². The van der Waals surface area contributed by atoms with Crippen LogP contribution in [0, 0.1) is 11.3 Å². The molecule has 1 saturated carbocycles. The third kappa shape index (κ3) is 4.01. The summed E-state index contributed by atoms with van der Waals surface area (Å²) in [5, 5.41) is 0. The molecule has 2 rings (SSSR count). The van der Waals surface area contributed by atoms with Crippen molar-refractivity contribution < 1.29 is 0 Å². The predicted octanol–water partition coefficient (Wildman–Crippen LogP) is 4.57. The average Bonchev–Trinajstić information content (AvgIpc) is 2.72. The van der Waals surface area contributed by atoms with E-state index in [0.717, 1.165) is 12.0 Å². The molecular formula is C19H38N2. The van der Waals surface area contributed by atoms with Gasteiger partial charge in [0.2, 0.25) is 0 Å². The van der Waals surface area contributed by atoms with Gasteiger partial charge < -0.3 is 5.73 Å². The van der Waals surface area contributed by atoms with Crippen LogP contribution in [0.3, 0.4) is 0 Å². The van der Waals surface area contributed by atoms with Crippen molar-refractivity contribution in [2.75, 3.05) is 6.54 Å². The minimum atomic E-state index is 0.404. The van der Waals surface area contributed by atoms with Crippen LogP contribution in [-0.4, -0.2) is 29.6 Å². The van der Waals surface area contributed by atoms with Crippen LogP contribution in [0.5, 0.6) is 0 Å². The van der Waals surface area contributed by atoms with Crippen molar-refractivity contribution in [3.05, 3.63) is 0 Å². The molecule has 0 bridgehead atoms. The number of hydrogen-bond donors (Lipinski definition) is 1. The minimum absolute atomic E-state index is 0.404. The molecule has 2 heteroatoms. The summed E-state index contributed by atoms with van der Waals surface area (Å²) in [5.74, 6) is 0.855. The van der Waals surface area contributed by atoms with E-state index in [1.807, 2.05) is 0 Å². The lowest BCUT2D eigenvalue weighted by molar-refractivity contribution is 0.0359. The minimum Gasteiger partial charge on any atom is -0.326 e. The van der Waals surface area contributed by atoms with Gasteiger partial charge in [0.25, 0.3) is 0 Å². The lowest BCUT2D eigenvalue weighted by atomic mass is 9.67. The highest BCUT2D eigenvalue weighted by molar-refractivity contribution is 4.95. The van der Waals surface area contributed by atoms with Crippen LogP contribution in [0.15, 0.2) is 0 Å². The highest BCUT2D eigenvalue weighted by Crippen LogP contribution is 2.42. The number of nitrogens with zero attached hydrogens (tertiary/aromatic N) is 1. The van der Waals surface area contributed by atoms with Crippen LogP contribution in [0.1, 0.15) is 85.5 Å². The van der Waals surface area contributed by atoms with Gasteiger partial charge in [-0.15, -0.1) is 0 Å². The largest absolute Gasteiger partial charge is 0.326 e. The van der Waals surface area contributed by atoms with Gasteiger partial charge in [0, 0.05) is 18.1 Å². The van der Waals surface area contributed by atoms with Gasteiger partial charge in [-0.05, 0) is 56.4 Å². The maximum absolute atomic E-state index is 6.58. The molecule has 1 aliphatic heterocycles. The molecule has 2 N–H and O–H groups in total. The van der Waals surface area contributed by atoms with Crippen LogP contribution in [0.4, 0.5) is 0 Å². The van der Waals surface area contributed by atoms with Gasteiger partial charge in [-0.1, -0.05) is 47.0 Å². The first kappa shape index (κ1) is 17.3. The number of likely N-dealkylation sites (tertiary alicyclic amines) is 1. The normalized spacial score (nSPS) is 36.4. The Morgan fingerprint density at radius 3 is 2.48 bits per heavy atom. The first-order valence-electron chi connectivity index (χ1n) is 9.51. The van der Waals surface area contributed by atoms with Gasteiger partial charge in [-0.3, -0.25) is 4.90 Å². The summed E-state index contributed by atoms with van der Waals surface area (Å²) in [5.41, 5.74) is 7.06. The molecule has 2 fully saturated rings. The molecule has 2 aliphatic rings. The number of hydrogen-bond acceptors (Lipinski definition) is 2. The van der Waals surface area contributed by atoms with Crippen LogP contribution in [0.25, 0.3) is 0 Å². The van der Waals surface area contributed by atoms with Gasteiger partial charge in [0.15, 0.2) is 0 Å². The van der Waals surface area contributed by atoms with Crippen LogP contribution in [-0.2, 0) is 0 Å². The van der Waals surface area contributed by atoms with Crippen molar-refractivity contribution in [2.45, 2.75) is 104 Å². The van der Waals surface area contributed by atoms with Gasteiger partial charge >= 0.3 is 0 Å². The Morgan fingerprint density at radius 1 is 1.05 bits per heavy atom. The van der Waals surface area contributed by atoms with Crippen molar-refractivity contribution in [3.63, 3.8) is 0 Å². The second kappa shape index (κ2) is 7.46. The summed E-state index contributed by atoms with van der Waals surface area (Å²) in [6.07, 6.45) is 12.1. The topological polar surface area (TPSA) is 29.3 Å². The van der Waals surface area contributed by atoms with Crippen molar-refractivity contribution in [1.29, 1.82) is 0 Å². The summed E-state index contributed by atoms with van der Waals surface area (Å²) >= 11 is 0. The molecule has 124 valence electrons. The molecule has 4 atom stereocenters. The Balaban J connectivity index is 2.11. The summed E-state index contributed by atoms with van der Waals surface area (Å²) in [4.78, 5) is 2.83. The van der Waals surface area contributed by atoms with Crippen LogP contribution >= 0.6 is 0 Å². The fourth-order valence-electron chi connectivity index (χ4n) is 4.62. The van der Waals surface area contributed by atoms with Gasteiger partial charge in [-0.2, -0.15) is 0 Å². The Morgan fingerprint density at radius 2 is 1.81 bits per heavy atom. The van der Waals surface area contributed by atoms with E-state index in [4.69, 9.17) is 5.73 Å². The van der Waals surface area contributed by atoms with E-state index in [1.54, 1.807) is 0 Å². The Kier molecular flexibility index (Phi) is 6.14. The Hall–Kier alpha value is -0.0800. The monoisotopic (exact) mass is 294 g/mol. The van der Waals surface area contributed by atoms with E-state index in [-0.39, 0.29) is 0 Å². The fraction of sp³-hybridized carbons (Fsp3) is 1.00. The molecule has 0 amide bonds. The van der Waals surface area contributed by atoms with E-state index in [9.17, 15) is 0 Å². The molecule has 0 aromatic carbocycles. The summed E-state index contributed by atoms with van der Waals surface area (Å²) in [7, 11) is 0. The zero-order chi connectivity index (χ0) is 15.5. The third-order valence-corrected chi connectivity index (χ3v) is 6.71. The third-order valence-electron chi connectivity index (χ3n) is 6.71. The lowest BCUT2D eigenvalue weighted by Gasteiger charge is -2.48. The summed E-state index contributed by atoms with van der Waals surface area (Å²) < 4.78 is 0. The first-order valence-corrected chi connectivity index (χ1v) is 9.51. The molecule has 21 heavy (non-hydrogen) atoms. The molecule has 0 spiro atoms. The van der Waals surface area contributed by atoms with E-state index < -0.39 is 0 Å². The van der Waals surface area contributed by atoms with E-state index >= 15 is 0 Å². The van der Waals surface area contributed by atoms with Crippen molar-refractivity contribution in [3.8, 4) is 0 Å². The zero-order valence-electron chi connectivity index (χ0n) is 14.9. The smallest absolute Gasteiger partial charge is 0.0252 e.